The van der Waals surface area contributed by atoms with Crippen LogP contribution in [0.1, 0.15) is 30.9 Å². The van der Waals surface area contributed by atoms with Crippen LogP contribution in [0.3, 0.4) is 0 Å². The van der Waals surface area contributed by atoms with Crippen LogP contribution in [-0.2, 0) is 0 Å². The molecule has 3 rings (SSSR count). The van der Waals surface area contributed by atoms with Gasteiger partial charge in [-0.25, -0.2) is 0 Å². The predicted octanol–water partition coefficient (Wildman–Crippen LogP) is 2.43. The Balaban J connectivity index is 1.91. The highest BCUT2D eigenvalue weighted by Crippen LogP contribution is 2.36. The Hall–Kier alpha value is -1.48. The molecular formula is C13H15N3. The van der Waals surface area contributed by atoms with E-state index in [2.05, 4.69) is 22.1 Å². The van der Waals surface area contributed by atoms with Crippen molar-refractivity contribution in [2.45, 2.75) is 25.3 Å². The predicted molar refractivity (Wildman–Crippen MR) is 63.8 cm³/mol. The monoisotopic (exact) mass is 213 g/mol. The molecule has 2 N–H and O–H groups in total. The number of hydrogen-bond donors (Lipinski definition) is 1. The van der Waals surface area contributed by atoms with Crippen LogP contribution in [0.5, 0.6) is 0 Å². The van der Waals surface area contributed by atoms with Crippen LogP contribution < -0.4 is 5.73 Å². The van der Waals surface area contributed by atoms with Crippen molar-refractivity contribution >= 4 is 11.0 Å². The van der Waals surface area contributed by atoms with E-state index in [9.17, 15) is 0 Å². The number of hydrogen-bond acceptors (Lipinski definition) is 3. The van der Waals surface area contributed by atoms with Gasteiger partial charge in [0.2, 0.25) is 0 Å². The van der Waals surface area contributed by atoms with Gasteiger partial charge in [0, 0.05) is 18.4 Å². The average Bonchev–Trinajstić information content (AvgIpc) is 3.12. The second kappa shape index (κ2) is 3.83. The van der Waals surface area contributed by atoms with Gasteiger partial charge in [-0.2, -0.15) is 0 Å². The molecule has 0 radical (unpaired) electrons. The third-order valence-corrected chi connectivity index (χ3v) is 3.21. The Kier molecular flexibility index (Phi) is 2.33. The minimum absolute atomic E-state index is 0.152. The van der Waals surface area contributed by atoms with E-state index in [1.54, 1.807) is 12.4 Å². The van der Waals surface area contributed by atoms with Gasteiger partial charge < -0.3 is 5.73 Å². The molecule has 0 spiro atoms. The molecule has 0 amide bonds. The zero-order valence-electron chi connectivity index (χ0n) is 9.13. The number of aromatic nitrogens is 2. The summed E-state index contributed by atoms with van der Waals surface area (Å²) in [6.07, 6.45) is 7.23. The summed E-state index contributed by atoms with van der Waals surface area (Å²) in [5, 5.41) is 0. The summed E-state index contributed by atoms with van der Waals surface area (Å²) >= 11 is 0. The van der Waals surface area contributed by atoms with E-state index >= 15 is 0 Å². The minimum Gasteiger partial charge on any atom is -0.324 e. The average molecular weight is 213 g/mol. The van der Waals surface area contributed by atoms with Gasteiger partial charge in [-0.05, 0) is 30.0 Å². The summed E-state index contributed by atoms with van der Waals surface area (Å²) in [5.74, 6) is 0.854. The van der Waals surface area contributed by atoms with Crippen LogP contribution in [0.25, 0.3) is 11.0 Å². The molecule has 1 aromatic carbocycles. The fourth-order valence-electron chi connectivity index (χ4n) is 2.06. The molecule has 0 saturated heterocycles. The maximum atomic E-state index is 6.18. The van der Waals surface area contributed by atoms with Gasteiger partial charge in [0.15, 0.2) is 0 Å². The largest absolute Gasteiger partial charge is 0.324 e. The lowest BCUT2D eigenvalue weighted by Crippen LogP contribution is -2.10. The minimum atomic E-state index is 0.152. The van der Waals surface area contributed by atoms with Crippen molar-refractivity contribution in [1.29, 1.82) is 0 Å². The lowest BCUT2D eigenvalue weighted by Gasteiger charge is -2.11. The van der Waals surface area contributed by atoms with Crippen molar-refractivity contribution in [1.82, 2.24) is 9.97 Å². The number of benzene rings is 1. The van der Waals surface area contributed by atoms with Crippen molar-refractivity contribution in [3.8, 4) is 0 Å². The standard InChI is InChI=1S/C13H15N3/c14-11(7-9-1-2-9)10-3-4-12-13(8-10)16-6-5-15-12/h3-6,8-9,11H,1-2,7,14H2. The number of nitrogens with zero attached hydrogens (tertiary/aromatic N) is 2. The Morgan fingerprint density at radius 1 is 1.19 bits per heavy atom. The van der Waals surface area contributed by atoms with Crippen molar-refractivity contribution in [2.75, 3.05) is 0 Å². The smallest absolute Gasteiger partial charge is 0.0890 e. The van der Waals surface area contributed by atoms with Crippen molar-refractivity contribution in [3.63, 3.8) is 0 Å². The summed E-state index contributed by atoms with van der Waals surface area (Å²) in [5.41, 5.74) is 9.23. The van der Waals surface area contributed by atoms with E-state index in [1.165, 1.54) is 18.4 Å². The van der Waals surface area contributed by atoms with Crippen molar-refractivity contribution in [2.24, 2.45) is 11.7 Å². The van der Waals surface area contributed by atoms with E-state index < -0.39 is 0 Å². The Labute approximate surface area is 94.7 Å². The van der Waals surface area contributed by atoms with Gasteiger partial charge in [-0.15, -0.1) is 0 Å². The van der Waals surface area contributed by atoms with Gasteiger partial charge in [0.05, 0.1) is 11.0 Å². The maximum absolute atomic E-state index is 6.18. The van der Waals surface area contributed by atoms with E-state index in [1.807, 2.05) is 6.07 Å². The molecule has 1 unspecified atom stereocenters. The zero-order chi connectivity index (χ0) is 11.0. The molecule has 3 heteroatoms. The van der Waals surface area contributed by atoms with Crippen LogP contribution in [0.15, 0.2) is 30.6 Å². The van der Waals surface area contributed by atoms with E-state index in [4.69, 9.17) is 5.73 Å². The summed E-state index contributed by atoms with van der Waals surface area (Å²) in [7, 11) is 0. The summed E-state index contributed by atoms with van der Waals surface area (Å²) in [4.78, 5) is 8.55. The molecular weight excluding hydrogens is 198 g/mol. The summed E-state index contributed by atoms with van der Waals surface area (Å²) < 4.78 is 0. The third kappa shape index (κ3) is 1.91. The Bertz CT molecular complexity index is 505. The molecule has 0 bridgehead atoms. The van der Waals surface area contributed by atoms with Gasteiger partial charge in [0.1, 0.15) is 0 Å². The van der Waals surface area contributed by atoms with Crippen LogP contribution in [0.4, 0.5) is 0 Å². The van der Waals surface area contributed by atoms with E-state index in [0.717, 1.165) is 23.4 Å². The van der Waals surface area contributed by atoms with Crippen LogP contribution in [0, 0.1) is 5.92 Å². The number of nitrogens with two attached hydrogens (primary N) is 1. The molecule has 1 atom stereocenters. The molecule has 1 aliphatic carbocycles. The van der Waals surface area contributed by atoms with E-state index in [0.29, 0.717) is 0 Å². The van der Waals surface area contributed by atoms with Gasteiger partial charge >= 0.3 is 0 Å². The highest BCUT2D eigenvalue weighted by atomic mass is 14.8. The molecule has 1 fully saturated rings. The Morgan fingerprint density at radius 2 is 1.94 bits per heavy atom. The van der Waals surface area contributed by atoms with Crippen molar-refractivity contribution in [3.05, 3.63) is 36.2 Å². The first kappa shape index (κ1) is 9.73. The van der Waals surface area contributed by atoms with Crippen LogP contribution in [0.2, 0.25) is 0 Å². The fourth-order valence-corrected chi connectivity index (χ4v) is 2.06. The second-order valence-electron chi connectivity index (χ2n) is 4.59. The maximum Gasteiger partial charge on any atom is 0.0890 e. The normalized spacial score (nSPS) is 17.6. The summed E-state index contributed by atoms with van der Waals surface area (Å²) in [6.45, 7) is 0. The Morgan fingerprint density at radius 3 is 2.69 bits per heavy atom. The molecule has 1 aliphatic rings. The molecule has 1 heterocycles. The highest BCUT2D eigenvalue weighted by Gasteiger charge is 2.24. The first-order valence-corrected chi connectivity index (χ1v) is 5.79. The van der Waals surface area contributed by atoms with Crippen LogP contribution >= 0.6 is 0 Å². The molecule has 3 nitrogen and oxygen atoms in total. The first-order valence-electron chi connectivity index (χ1n) is 5.79. The van der Waals surface area contributed by atoms with Gasteiger partial charge in [-0.1, -0.05) is 18.9 Å². The van der Waals surface area contributed by atoms with Crippen molar-refractivity contribution < 1.29 is 0 Å². The fraction of sp³-hybridized carbons (Fsp3) is 0.385. The quantitative estimate of drug-likeness (QED) is 0.851. The molecule has 1 saturated carbocycles. The number of fused-ring (bicyclic) bond motifs is 1. The third-order valence-electron chi connectivity index (χ3n) is 3.21. The lowest BCUT2D eigenvalue weighted by atomic mass is 10.0. The second-order valence-corrected chi connectivity index (χ2v) is 4.59. The van der Waals surface area contributed by atoms with Gasteiger partial charge in [0.25, 0.3) is 0 Å². The zero-order valence-corrected chi connectivity index (χ0v) is 9.13. The highest BCUT2D eigenvalue weighted by molar-refractivity contribution is 5.74. The summed E-state index contributed by atoms with van der Waals surface area (Å²) in [6, 6.07) is 6.29. The van der Waals surface area contributed by atoms with E-state index in [-0.39, 0.29) is 6.04 Å². The number of rotatable bonds is 3. The molecule has 0 aliphatic heterocycles. The molecule has 2 aromatic rings. The molecule has 1 aromatic heterocycles. The van der Waals surface area contributed by atoms with Crippen LogP contribution in [-0.4, -0.2) is 9.97 Å². The first-order chi connectivity index (χ1) is 7.83. The lowest BCUT2D eigenvalue weighted by molar-refractivity contribution is 0.597. The SMILES string of the molecule is NC(CC1CC1)c1ccc2nccnc2c1. The topological polar surface area (TPSA) is 51.8 Å². The molecule has 82 valence electrons. The van der Waals surface area contributed by atoms with Gasteiger partial charge in [-0.3, -0.25) is 9.97 Å². The molecule has 16 heavy (non-hydrogen) atoms.